The Hall–Kier alpha value is -2.69. The van der Waals surface area contributed by atoms with E-state index in [0.717, 1.165) is 17.8 Å². The summed E-state index contributed by atoms with van der Waals surface area (Å²) in [6, 6.07) is 0.0782. The summed E-state index contributed by atoms with van der Waals surface area (Å²) in [6.07, 6.45) is 20.2. The molecular formula is C16H14N4O. The van der Waals surface area contributed by atoms with Gasteiger partial charge < -0.3 is 4.74 Å². The number of allylic oxidation sites excluding steroid dienone is 5. The lowest BCUT2D eigenvalue weighted by atomic mass is 10.1. The third-order valence-corrected chi connectivity index (χ3v) is 3.52. The molecule has 5 heteroatoms. The maximum Gasteiger partial charge on any atom is 0.220 e. The Labute approximate surface area is 122 Å². The first kappa shape index (κ1) is 12.1. The van der Waals surface area contributed by atoms with Crippen molar-refractivity contribution in [2.45, 2.75) is 18.6 Å². The smallest absolute Gasteiger partial charge is 0.220 e. The van der Waals surface area contributed by atoms with Crippen molar-refractivity contribution >= 4 is 11.7 Å². The van der Waals surface area contributed by atoms with Crippen LogP contribution in [-0.4, -0.2) is 33.7 Å². The molecule has 2 atom stereocenters. The topological polar surface area (TPSA) is 51.8 Å². The fourth-order valence-electron chi connectivity index (χ4n) is 2.45. The lowest BCUT2D eigenvalue weighted by Crippen LogP contribution is -2.19. The van der Waals surface area contributed by atoms with Gasteiger partial charge in [0.05, 0.1) is 11.8 Å². The van der Waals surface area contributed by atoms with Crippen molar-refractivity contribution in [2.24, 2.45) is 9.98 Å². The van der Waals surface area contributed by atoms with Crippen LogP contribution in [0.3, 0.4) is 0 Å². The van der Waals surface area contributed by atoms with Crippen LogP contribution in [0.2, 0.25) is 0 Å². The fraction of sp³-hybridized carbons (Fsp3) is 0.188. The molecule has 1 aromatic rings. The fourth-order valence-corrected chi connectivity index (χ4v) is 2.45. The van der Waals surface area contributed by atoms with Gasteiger partial charge in [-0.25, -0.2) is 14.7 Å². The molecule has 2 unspecified atom stereocenters. The van der Waals surface area contributed by atoms with Gasteiger partial charge in [0.1, 0.15) is 18.0 Å². The number of fused-ring (bicyclic) bond motifs is 1. The predicted molar refractivity (Wildman–Crippen MR) is 81.4 cm³/mol. The first-order chi connectivity index (χ1) is 10.4. The van der Waals surface area contributed by atoms with Gasteiger partial charge in [0.15, 0.2) is 0 Å². The molecule has 1 aromatic heterocycles. The molecule has 0 bridgehead atoms. The molecule has 0 N–H and O–H groups in total. The predicted octanol–water partition coefficient (Wildman–Crippen LogP) is 2.24. The van der Waals surface area contributed by atoms with Gasteiger partial charge in [-0.15, -0.1) is 0 Å². The van der Waals surface area contributed by atoms with Crippen LogP contribution in [0, 0.1) is 0 Å². The van der Waals surface area contributed by atoms with Crippen LogP contribution in [0.4, 0.5) is 0 Å². The highest BCUT2D eigenvalue weighted by Gasteiger charge is 2.29. The van der Waals surface area contributed by atoms with Crippen LogP contribution in [-0.2, 0) is 4.74 Å². The van der Waals surface area contributed by atoms with Crippen molar-refractivity contribution in [3.8, 4) is 0 Å². The minimum Gasteiger partial charge on any atom is -0.467 e. The summed E-state index contributed by atoms with van der Waals surface area (Å²) in [7, 11) is 0. The number of hydrogen-bond donors (Lipinski definition) is 0. The Kier molecular flexibility index (Phi) is 2.88. The summed E-state index contributed by atoms with van der Waals surface area (Å²) in [5, 5.41) is 4.36. The van der Waals surface area contributed by atoms with E-state index < -0.39 is 0 Å². The van der Waals surface area contributed by atoms with Crippen molar-refractivity contribution < 1.29 is 4.74 Å². The highest BCUT2D eigenvalue weighted by atomic mass is 16.5. The van der Waals surface area contributed by atoms with Gasteiger partial charge in [-0.2, -0.15) is 5.10 Å². The second kappa shape index (κ2) is 5.01. The maximum absolute atomic E-state index is 5.87. The first-order valence-electron chi connectivity index (χ1n) is 6.93. The van der Waals surface area contributed by atoms with Crippen LogP contribution in [0.15, 0.2) is 71.1 Å². The molecule has 0 saturated carbocycles. The minimum absolute atomic E-state index is 0.00874. The van der Waals surface area contributed by atoms with Crippen molar-refractivity contribution in [2.75, 3.05) is 0 Å². The number of aliphatic imine (C=N–C) groups is 2. The molecule has 0 aromatic carbocycles. The monoisotopic (exact) mass is 278 g/mol. The molecule has 3 heterocycles. The summed E-state index contributed by atoms with van der Waals surface area (Å²) >= 11 is 0. The molecule has 0 amide bonds. The van der Waals surface area contributed by atoms with E-state index in [2.05, 4.69) is 21.2 Å². The molecule has 21 heavy (non-hydrogen) atoms. The molecule has 5 nitrogen and oxygen atoms in total. The third kappa shape index (κ3) is 2.27. The van der Waals surface area contributed by atoms with Crippen LogP contribution >= 0.6 is 0 Å². The Balaban J connectivity index is 1.59. The van der Waals surface area contributed by atoms with Crippen molar-refractivity contribution in [3.05, 3.63) is 66.7 Å². The molecule has 4 rings (SSSR count). The van der Waals surface area contributed by atoms with E-state index in [1.54, 1.807) is 17.1 Å². The zero-order valence-corrected chi connectivity index (χ0v) is 11.3. The quantitative estimate of drug-likeness (QED) is 0.791. The van der Waals surface area contributed by atoms with Gasteiger partial charge >= 0.3 is 0 Å². The van der Waals surface area contributed by atoms with E-state index in [0.29, 0.717) is 5.90 Å². The van der Waals surface area contributed by atoms with Gasteiger partial charge in [0.2, 0.25) is 5.90 Å². The molecule has 0 saturated heterocycles. The molecule has 104 valence electrons. The van der Waals surface area contributed by atoms with Gasteiger partial charge in [-0.1, -0.05) is 30.4 Å². The molecule has 2 aliphatic heterocycles. The first-order valence-corrected chi connectivity index (χ1v) is 6.93. The van der Waals surface area contributed by atoms with E-state index >= 15 is 0 Å². The van der Waals surface area contributed by atoms with Gasteiger partial charge in [-0.05, 0) is 12.2 Å². The lowest BCUT2D eigenvalue weighted by Gasteiger charge is -2.12. The zero-order valence-electron chi connectivity index (χ0n) is 11.3. The van der Waals surface area contributed by atoms with E-state index in [4.69, 9.17) is 4.74 Å². The average molecular weight is 278 g/mol. The molecule has 0 radical (unpaired) electrons. The number of ether oxygens (including phenoxy) is 1. The molecule has 3 aliphatic rings. The zero-order chi connectivity index (χ0) is 14.1. The second-order valence-corrected chi connectivity index (χ2v) is 4.97. The number of hydrogen-bond acceptors (Lipinski definition) is 4. The van der Waals surface area contributed by atoms with Crippen molar-refractivity contribution in [1.29, 1.82) is 0 Å². The SMILES string of the molecule is C1=CCC(n2cc(C3=NC4C=CC=CC4O3)cn2)=NC=C1. The summed E-state index contributed by atoms with van der Waals surface area (Å²) in [5.41, 5.74) is 0.881. The van der Waals surface area contributed by atoms with Gasteiger partial charge in [0, 0.05) is 18.8 Å². The number of aromatic nitrogens is 2. The average Bonchev–Trinajstić information content (AvgIpc) is 3.07. The van der Waals surface area contributed by atoms with E-state index in [-0.39, 0.29) is 12.1 Å². The standard InChI is InChI=1S/C16H14N4O/c1-2-8-15(17-9-5-1)20-11-12(10-18-20)16-19-13-6-3-4-7-14(13)21-16/h1-7,9-11,13-14H,8H2. The van der Waals surface area contributed by atoms with Crippen LogP contribution < -0.4 is 0 Å². The Morgan fingerprint density at radius 2 is 2.10 bits per heavy atom. The van der Waals surface area contributed by atoms with Crippen LogP contribution in [0.1, 0.15) is 12.0 Å². The normalized spacial score (nSPS) is 26.1. The summed E-state index contributed by atoms with van der Waals surface area (Å²) in [5.74, 6) is 1.52. The van der Waals surface area contributed by atoms with Crippen LogP contribution in [0.5, 0.6) is 0 Å². The Bertz CT molecular complexity index is 733. The van der Waals surface area contributed by atoms with Crippen molar-refractivity contribution in [3.63, 3.8) is 0 Å². The van der Waals surface area contributed by atoms with Gasteiger partial charge in [0.25, 0.3) is 0 Å². The summed E-state index contributed by atoms with van der Waals surface area (Å²) < 4.78 is 7.64. The highest BCUT2D eigenvalue weighted by molar-refractivity contribution is 5.96. The highest BCUT2D eigenvalue weighted by Crippen LogP contribution is 2.22. The van der Waals surface area contributed by atoms with Gasteiger partial charge in [-0.3, -0.25) is 0 Å². The molecule has 0 fully saturated rings. The van der Waals surface area contributed by atoms with Crippen molar-refractivity contribution in [1.82, 2.24) is 9.78 Å². The molecule has 0 spiro atoms. The van der Waals surface area contributed by atoms with Crippen LogP contribution in [0.25, 0.3) is 0 Å². The molecular weight excluding hydrogens is 264 g/mol. The summed E-state index contributed by atoms with van der Waals surface area (Å²) in [6.45, 7) is 0. The molecule has 1 aliphatic carbocycles. The number of rotatable bonds is 1. The number of nitrogens with zero attached hydrogens (tertiary/aromatic N) is 4. The van der Waals surface area contributed by atoms with E-state index in [1.165, 1.54) is 0 Å². The maximum atomic E-state index is 5.87. The third-order valence-electron chi connectivity index (χ3n) is 3.52. The Morgan fingerprint density at radius 3 is 3.05 bits per heavy atom. The largest absolute Gasteiger partial charge is 0.467 e. The summed E-state index contributed by atoms with van der Waals surface area (Å²) in [4.78, 5) is 8.97. The van der Waals surface area contributed by atoms with E-state index in [1.807, 2.05) is 42.7 Å². The lowest BCUT2D eigenvalue weighted by molar-refractivity contribution is 0.255. The minimum atomic E-state index is 0.00874. The van der Waals surface area contributed by atoms with E-state index in [9.17, 15) is 0 Å². The second-order valence-electron chi connectivity index (χ2n) is 4.97. The Morgan fingerprint density at radius 1 is 1.14 bits per heavy atom.